The summed E-state index contributed by atoms with van der Waals surface area (Å²) in [4.78, 5) is 4.63. The number of aryl methyl sites for hydroxylation is 1. The molecule has 1 aliphatic carbocycles. The molecule has 3 rings (SSSR count). The minimum absolute atomic E-state index is 0.483. The van der Waals surface area contributed by atoms with E-state index >= 15 is 0 Å². The number of nitrogens with zero attached hydrogens (tertiary/aromatic N) is 2. The standard InChI is InChI=1S/C15H18BrClN2/c16-12-5-6-13-14(9-12)19(15(10-17)18-13)8-7-11-3-1-2-4-11/h5-6,9,11H,1-4,7-8,10H2. The van der Waals surface area contributed by atoms with Crippen LogP contribution in [0.5, 0.6) is 0 Å². The predicted molar refractivity (Wildman–Crippen MR) is 83.6 cm³/mol. The van der Waals surface area contributed by atoms with Crippen molar-refractivity contribution in [3.8, 4) is 0 Å². The first kappa shape index (κ1) is 13.4. The molecule has 19 heavy (non-hydrogen) atoms. The second-order valence-electron chi connectivity index (χ2n) is 5.39. The van der Waals surface area contributed by atoms with E-state index in [1.807, 2.05) is 6.07 Å². The highest BCUT2D eigenvalue weighted by atomic mass is 79.9. The third-order valence-electron chi connectivity index (χ3n) is 4.14. The molecule has 0 bridgehead atoms. The van der Waals surface area contributed by atoms with Gasteiger partial charge in [0.25, 0.3) is 0 Å². The quantitative estimate of drug-likeness (QED) is 0.706. The fourth-order valence-corrected chi connectivity index (χ4v) is 3.66. The normalized spacial score (nSPS) is 16.5. The van der Waals surface area contributed by atoms with Crippen molar-refractivity contribution >= 4 is 38.6 Å². The van der Waals surface area contributed by atoms with Gasteiger partial charge in [-0.3, -0.25) is 0 Å². The van der Waals surface area contributed by atoms with E-state index in [-0.39, 0.29) is 0 Å². The van der Waals surface area contributed by atoms with E-state index in [0.717, 1.165) is 28.3 Å². The van der Waals surface area contributed by atoms with Crippen LogP contribution in [-0.2, 0) is 12.4 Å². The number of alkyl halides is 1. The Bertz CT molecular complexity index is 573. The second kappa shape index (κ2) is 5.84. The van der Waals surface area contributed by atoms with Crippen LogP contribution in [0, 0.1) is 5.92 Å². The largest absolute Gasteiger partial charge is 0.327 e. The lowest BCUT2D eigenvalue weighted by atomic mass is 10.0. The van der Waals surface area contributed by atoms with Crippen molar-refractivity contribution < 1.29 is 0 Å². The number of hydrogen-bond acceptors (Lipinski definition) is 1. The maximum absolute atomic E-state index is 6.04. The first-order chi connectivity index (χ1) is 9.28. The van der Waals surface area contributed by atoms with Crippen molar-refractivity contribution in [1.29, 1.82) is 0 Å². The molecule has 0 amide bonds. The molecule has 1 heterocycles. The van der Waals surface area contributed by atoms with E-state index in [4.69, 9.17) is 11.6 Å². The molecule has 0 spiro atoms. The van der Waals surface area contributed by atoms with Crippen molar-refractivity contribution in [3.05, 3.63) is 28.5 Å². The third-order valence-corrected chi connectivity index (χ3v) is 4.88. The van der Waals surface area contributed by atoms with E-state index in [0.29, 0.717) is 5.88 Å². The molecule has 1 saturated carbocycles. The number of rotatable bonds is 4. The summed E-state index contributed by atoms with van der Waals surface area (Å²) in [7, 11) is 0. The van der Waals surface area contributed by atoms with Crippen molar-refractivity contribution in [3.63, 3.8) is 0 Å². The molecule has 0 saturated heterocycles. The Balaban J connectivity index is 1.88. The maximum Gasteiger partial charge on any atom is 0.124 e. The number of aromatic nitrogens is 2. The van der Waals surface area contributed by atoms with Crippen LogP contribution in [-0.4, -0.2) is 9.55 Å². The summed E-state index contributed by atoms with van der Waals surface area (Å²) in [5, 5.41) is 0. The van der Waals surface area contributed by atoms with Gasteiger partial charge in [-0.2, -0.15) is 0 Å². The number of fused-ring (bicyclic) bond motifs is 1. The number of halogens is 2. The molecule has 1 aromatic carbocycles. The average Bonchev–Trinajstić information content (AvgIpc) is 3.03. The van der Waals surface area contributed by atoms with Crippen molar-refractivity contribution in [2.24, 2.45) is 5.92 Å². The van der Waals surface area contributed by atoms with Gasteiger partial charge in [0.15, 0.2) is 0 Å². The Morgan fingerprint density at radius 1 is 1.32 bits per heavy atom. The van der Waals surface area contributed by atoms with Gasteiger partial charge in [-0.25, -0.2) is 4.98 Å². The Kier molecular flexibility index (Phi) is 4.13. The van der Waals surface area contributed by atoms with Crippen LogP contribution in [0.25, 0.3) is 11.0 Å². The zero-order valence-corrected chi connectivity index (χ0v) is 13.3. The third kappa shape index (κ3) is 2.82. The van der Waals surface area contributed by atoms with Gasteiger partial charge in [-0.1, -0.05) is 41.6 Å². The van der Waals surface area contributed by atoms with Gasteiger partial charge in [0.2, 0.25) is 0 Å². The molecule has 1 aromatic heterocycles. The number of hydrogen-bond donors (Lipinski definition) is 0. The lowest BCUT2D eigenvalue weighted by Crippen LogP contribution is -2.06. The minimum Gasteiger partial charge on any atom is -0.327 e. The number of benzene rings is 1. The van der Waals surface area contributed by atoms with Gasteiger partial charge < -0.3 is 4.57 Å². The van der Waals surface area contributed by atoms with E-state index < -0.39 is 0 Å². The summed E-state index contributed by atoms with van der Waals surface area (Å²) in [6.07, 6.45) is 6.85. The molecular weight excluding hydrogens is 324 g/mol. The first-order valence-corrected chi connectivity index (χ1v) is 8.31. The molecule has 2 aromatic rings. The lowest BCUT2D eigenvalue weighted by Gasteiger charge is -2.12. The van der Waals surface area contributed by atoms with Crippen LogP contribution in [0.3, 0.4) is 0 Å². The van der Waals surface area contributed by atoms with Crippen LogP contribution in [0.4, 0.5) is 0 Å². The zero-order valence-electron chi connectivity index (χ0n) is 10.9. The molecule has 0 atom stereocenters. The van der Waals surface area contributed by atoms with Crippen molar-refractivity contribution in [1.82, 2.24) is 9.55 Å². The highest BCUT2D eigenvalue weighted by Gasteiger charge is 2.16. The summed E-state index contributed by atoms with van der Waals surface area (Å²) < 4.78 is 3.40. The summed E-state index contributed by atoms with van der Waals surface area (Å²) in [5.74, 6) is 2.37. The molecule has 4 heteroatoms. The maximum atomic E-state index is 6.04. The molecular formula is C15H18BrClN2. The predicted octanol–water partition coefficient (Wildman–Crippen LogP) is 5.12. The molecule has 0 N–H and O–H groups in total. The van der Waals surface area contributed by atoms with Crippen molar-refractivity contribution in [2.75, 3.05) is 0 Å². The summed E-state index contributed by atoms with van der Waals surface area (Å²) in [6, 6.07) is 6.24. The molecule has 0 aliphatic heterocycles. The van der Waals surface area contributed by atoms with Gasteiger partial charge >= 0.3 is 0 Å². The van der Waals surface area contributed by atoms with Gasteiger partial charge in [0, 0.05) is 11.0 Å². The van der Waals surface area contributed by atoms with Gasteiger partial charge in [0.05, 0.1) is 16.9 Å². The fraction of sp³-hybridized carbons (Fsp3) is 0.533. The first-order valence-electron chi connectivity index (χ1n) is 6.98. The van der Waals surface area contributed by atoms with Crippen LogP contribution in [0.2, 0.25) is 0 Å². The van der Waals surface area contributed by atoms with E-state index in [2.05, 4.69) is 37.6 Å². The van der Waals surface area contributed by atoms with Crippen LogP contribution in [0.15, 0.2) is 22.7 Å². The van der Waals surface area contributed by atoms with Gasteiger partial charge in [-0.05, 0) is 30.5 Å². The van der Waals surface area contributed by atoms with Gasteiger partial charge in [-0.15, -0.1) is 11.6 Å². The van der Waals surface area contributed by atoms with Crippen molar-refractivity contribution in [2.45, 2.75) is 44.5 Å². The Labute approximate surface area is 127 Å². The minimum atomic E-state index is 0.483. The number of imidazole rings is 1. The summed E-state index contributed by atoms with van der Waals surface area (Å²) in [6.45, 7) is 1.04. The molecule has 0 radical (unpaired) electrons. The smallest absolute Gasteiger partial charge is 0.124 e. The summed E-state index contributed by atoms with van der Waals surface area (Å²) >= 11 is 9.58. The molecule has 102 valence electrons. The molecule has 0 unspecified atom stereocenters. The topological polar surface area (TPSA) is 17.8 Å². The van der Waals surface area contributed by atoms with Crippen LogP contribution in [0.1, 0.15) is 37.9 Å². The fourth-order valence-electron chi connectivity index (χ4n) is 3.11. The van der Waals surface area contributed by atoms with E-state index in [1.165, 1.54) is 37.6 Å². The Hall–Kier alpha value is -0.540. The Morgan fingerprint density at radius 3 is 2.84 bits per heavy atom. The van der Waals surface area contributed by atoms with Gasteiger partial charge in [0.1, 0.15) is 5.82 Å². The molecule has 1 aliphatic rings. The monoisotopic (exact) mass is 340 g/mol. The average molecular weight is 342 g/mol. The summed E-state index contributed by atoms with van der Waals surface area (Å²) in [5.41, 5.74) is 2.24. The van der Waals surface area contributed by atoms with E-state index in [1.54, 1.807) is 0 Å². The Morgan fingerprint density at radius 2 is 2.11 bits per heavy atom. The zero-order chi connectivity index (χ0) is 13.2. The lowest BCUT2D eigenvalue weighted by molar-refractivity contribution is 0.458. The second-order valence-corrected chi connectivity index (χ2v) is 6.57. The highest BCUT2D eigenvalue weighted by Crippen LogP contribution is 2.29. The van der Waals surface area contributed by atoms with Crippen LogP contribution < -0.4 is 0 Å². The SMILES string of the molecule is ClCc1nc2ccc(Br)cc2n1CCC1CCCC1. The highest BCUT2D eigenvalue weighted by molar-refractivity contribution is 9.10. The van der Waals surface area contributed by atoms with E-state index in [9.17, 15) is 0 Å². The molecule has 1 fully saturated rings. The van der Waals surface area contributed by atoms with Crippen LogP contribution >= 0.6 is 27.5 Å². The molecule has 2 nitrogen and oxygen atoms in total.